The number of amides is 1. The molecule has 1 amide bonds. The summed E-state index contributed by atoms with van der Waals surface area (Å²) in [5.74, 6) is 0.700. The number of furan rings is 1. The number of carbonyl (C=O) groups is 1. The number of carbonyl (C=O) groups excluding carboxylic acids is 1. The minimum Gasteiger partial charge on any atom is -0.467 e. The van der Waals surface area contributed by atoms with Gasteiger partial charge in [0.2, 0.25) is 5.91 Å². The molecule has 0 aliphatic rings. The predicted octanol–water partition coefficient (Wildman–Crippen LogP) is 3.39. The molecule has 0 saturated heterocycles. The Morgan fingerprint density at radius 1 is 1.21 bits per heavy atom. The van der Waals surface area contributed by atoms with E-state index in [9.17, 15) is 4.79 Å². The van der Waals surface area contributed by atoms with Gasteiger partial charge in [0.25, 0.3) is 0 Å². The van der Waals surface area contributed by atoms with Crippen LogP contribution in [0.15, 0.2) is 58.7 Å². The average molecular weight is 255 g/mol. The fraction of sp³-hybridized carbons (Fsp3) is 0.188. The van der Waals surface area contributed by atoms with Crippen molar-refractivity contribution in [1.29, 1.82) is 0 Å². The molecule has 0 spiro atoms. The minimum atomic E-state index is -0.0530. The van der Waals surface area contributed by atoms with Crippen LogP contribution in [-0.4, -0.2) is 5.91 Å². The maximum atomic E-state index is 12.1. The molecule has 0 atom stereocenters. The quantitative estimate of drug-likeness (QED) is 0.832. The van der Waals surface area contributed by atoms with E-state index >= 15 is 0 Å². The summed E-state index contributed by atoms with van der Waals surface area (Å²) in [6.45, 7) is 2.39. The fourth-order valence-electron chi connectivity index (χ4n) is 1.77. The van der Waals surface area contributed by atoms with Crippen LogP contribution in [0.2, 0.25) is 0 Å². The van der Waals surface area contributed by atoms with Crippen LogP contribution in [0, 0.1) is 0 Å². The topological polar surface area (TPSA) is 42.2 Å². The normalized spacial score (nSPS) is 11.3. The number of rotatable bonds is 5. The van der Waals surface area contributed by atoms with E-state index in [0.717, 1.165) is 16.9 Å². The van der Waals surface area contributed by atoms with E-state index in [1.807, 2.05) is 55.5 Å². The van der Waals surface area contributed by atoms with Crippen LogP contribution >= 0.6 is 0 Å². The molecule has 3 nitrogen and oxygen atoms in total. The second-order valence-electron chi connectivity index (χ2n) is 4.20. The first-order chi connectivity index (χ1) is 9.29. The first kappa shape index (κ1) is 13.1. The first-order valence-electron chi connectivity index (χ1n) is 6.36. The maximum absolute atomic E-state index is 12.1. The molecule has 0 saturated carbocycles. The summed E-state index contributed by atoms with van der Waals surface area (Å²) in [6.07, 6.45) is 4.21. The molecule has 3 heteroatoms. The van der Waals surface area contributed by atoms with E-state index in [2.05, 4.69) is 5.32 Å². The van der Waals surface area contributed by atoms with Crippen molar-refractivity contribution in [1.82, 2.24) is 5.32 Å². The van der Waals surface area contributed by atoms with Crippen LogP contribution in [0.5, 0.6) is 0 Å². The van der Waals surface area contributed by atoms with Gasteiger partial charge in [0.1, 0.15) is 5.76 Å². The molecule has 1 heterocycles. The lowest BCUT2D eigenvalue weighted by Crippen LogP contribution is -2.24. The summed E-state index contributed by atoms with van der Waals surface area (Å²) < 4.78 is 5.18. The van der Waals surface area contributed by atoms with Crippen molar-refractivity contribution in [3.63, 3.8) is 0 Å². The Bertz CT molecular complexity index is 541. The van der Waals surface area contributed by atoms with Gasteiger partial charge in [0.15, 0.2) is 0 Å². The third-order valence-electron chi connectivity index (χ3n) is 2.82. The Labute approximate surface area is 112 Å². The number of benzene rings is 1. The average Bonchev–Trinajstić information content (AvgIpc) is 2.96. The second kappa shape index (κ2) is 6.59. The van der Waals surface area contributed by atoms with Crippen molar-refractivity contribution in [2.45, 2.75) is 19.9 Å². The van der Waals surface area contributed by atoms with Crippen molar-refractivity contribution < 1.29 is 9.21 Å². The highest BCUT2D eigenvalue weighted by atomic mass is 16.3. The molecule has 2 rings (SSSR count). The Balaban J connectivity index is 2.01. The SMILES string of the molecule is CC/C(=C\c1ccccc1)C(=O)NCc1ccco1. The maximum Gasteiger partial charge on any atom is 0.247 e. The van der Waals surface area contributed by atoms with Crippen molar-refractivity contribution in [2.24, 2.45) is 0 Å². The molecule has 0 fully saturated rings. The highest BCUT2D eigenvalue weighted by Gasteiger charge is 2.07. The molecule has 0 aliphatic carbocycles. The zero-order chi connectivity index (χ0) is 13.5. The molecule has 0 radical (unpaired) electrons. The van der Waals surface area contributed by atoms with Crippen LogP contribution in [0.4, 0.5) is 0 Å². The number of hydrogen-bond acceptors (Lipinski definition) is 2. The molecular formula is C16H17NO2. The van der Waals surface area contributed by atoms with Crippen LogP contribution < -0.4 is 5.32 Å². The Kier molecular flexibility index (Phi) is 4.56. The summed E-state index contributed by atoms with van der Waals surface area (Å²) in [6, 6.07) is 13.5. The summed E-state index contributed by atoms with van der Waals surface area (Å²) in [5.41, 5.74) is 1.80. The molecule has 2 aromatic rings. The van der Waals surface area contributed by atoms with Gasteiger partial charge in [-0.15, -0.1) is 0 Å². The molecular weight excluding hydrogens is 238 g/mol. The zero-order valence-corrected chi connectivity index (χ0v) is 10.9. The first-order valence-corrected chi connectivity index (χ1v) is 6.36. The van der Waals surface area contributed by atoms with Crippen molar-refractivity contribution in [3.8, 4) is 0 Å². The van der Waals surface area contributed by atoms with E-state index < -0.39 is 0 Å². The Hall–Kier alpha value is -2.29. The highest BCUT2D eigenvalue weighted by molar-refractivity contribution is 5.97. The summed E-state index contributed by atoms with van der Waals surface area (Å²) in [5, 5.41) is 2.86. The number of nitrogens with one attached hydrogen (secondary N) is 1. The predicted molar refractivity (Wildman–Crippen MR) is 75.3 cm³/mol. The van der Waals surface area contributed by atoms with Gasteiger partial charge in [-0.25, -0.2) is 0 Å². The molecule has 19 heavy (non-hydrogen) atoms. The summed E-state index contributed by atoms with van der Waals surface area (Å²) in [4.78, 5) is 12.1. The number of hydrogen-bond donors (Lipinski definition) is 1. The lowest BCUT2D eigenvalue weighted by molar-refractivity contribution is -0.117. The van der Waals surface area contributed by atoms with Gasteiger partial charge in [-0.1, -0.05) is 37.3 Å². The Morgan fingerprint density at radius 3 is 2.63 bits per heavy atom. The van der Waals surface area contributed by atoms with Crippen LogP contribution in [0.25, 0.3) is 6.08 Å². The van der Waals surface area contributed by atoms with Gasteiger partial charge in [-0.3, -0.25) is 4.79 Å². The minimum absolute atomic E-state index is 0.0530. The second-order valence-corrected chi connectivity index (χ2v) is 4.20. The fourth-order valence-corrected chi connectivity index (χ4v) is 1.77. The third kappa shape index (κ3) is 3.85. The van der Waals surface area contributed by atoms with Crippen molar-refractivity contribution in [2.75, 3.05) is 0 Å². The molecule has 0 unspecified atom stereocenters. The monoisotopic (exact) mass is 255 g/mol. The van der Waals surface area contributed by atoms with Crippen molar-refractivity contribution >= 4 is 12.0 Å². The van der Waals surface area contributed by atoms with E-state index in [1.165, 1.54) is 0 Å². The van der Waals surface area contributed by atoms with Gasteiger partial charge in [-0.05, 0) is 30.2 Å². The van der Waals surface area contributed by atoms with Crippen molar-refractivity contribution in [3.05, 3.63) is 65.6 Å². The van der Waals surface area contributed by atoms with E-state index in [0.29, 0.717) is 13.0 Å². The highest BCUT2D eigenvalue weighted by Crippen LogP contribution is 2.10. The molecule has 1 aromatic heterocycles. The Morgan fingerprint density at radius 2 is 2.00 bits per heavy atom. The molecule has 1 N–H and O–H groups in total. The standard InChI is InChI=1S/C16H17NO2/c1-2-14(11-13-7-4-3-5-8-13)16(18)17-12-15-9-6-10-19-15/h3-11H,2,12H2,1H3,(H,17,18)/b14-11+. The van der Waals surface area contributed by atoms with E-state index in [4.69, 9.17) is 4.42 Å². The van der Waals surface area contributed by atoms with Crippen LogP contribution in [-0.2, 0) is 11.3 Å². The summed E-state index contributed by atoms with van der Waals surface area (Å²) in [7, 11) is 0. The van der Waals surface area contributed by atoms with E-state index in [1.54, 1.807) is 6.26 Å². The van der Waals surface area contributed by atoms with Gasteiger partial charge in [-0.2, -0.15) is 0 Å². The largest absolute Gasteiger partial charge is 0.467 e. The molecule has 0 aliphatic heterocycles. The molecule has 1 aromatic carbocycles. The third-order valence-corrected chi connectivity index (χ3v) is 2.82. The van der Waals surface area contributed by atoms with E-state index in [-0.39, 0.29) is 5.91 Å². The summed E-state index contributed by atoms with van der Waals surface area (Å²) >= 11 is 0. The lowest BCUT2D eigenvalue weighted by Gasteiger charge is -2.06. The van der Waals surface area contributed by atoms with Gasteiger partial charge in [0, 0.05) is 5.57 Å². The zero-order valence-electron chi connectivity index (χ0n) is 10.9. The van der Waals surface area contributed by atoms with Gasteiger partial charge >= 0.3 is 0 Å². The van der Waals surface area contributed by atoms with Crippen LogP contribution in [0.1, 0.15) is 24.7 Å². The smallest absolute Gasteiger partial charge is 0.247 e. The molecule has 0 bridgehead atoms. The van der Waals surface area contributed by atoms with Gasteiger partial charge in [0.05, 0.1) is 12.8 Å². The van der Waals surface area contributed by atoms with Gasteiger partial charge < -0.3 is 9.73 Å². The lowest BCUT2D eigenvalue weighted by atomic mass is 10.1. The van der Waals surface area contributed by atoms with Crippen LogP contribution in [0.3, 0.4) is 0 Å². The molecule has 98 valence electrons.